The molecular weight excluding hydrogens is 360 g/mol. The van der Waals surface area contributed by atoms with Crippen molar-refractivity contribution in [3.8, 4) is 11.5 Å². The van der Waals surface area contributed by atoms with Gasteiger partial charge in [0.1, 0.15) is 17.6 Å². The van der Waals surface area contributed by atoms with Crippen molar-refractivity contribution in [1.82, 2.24) is 0 Å². The Balaban J connectivity index is 2.09. The fourth-order valence-corrected chi connectivity index (χ4v) is 4.20. The van der Waals surface area contributed by atoms with Gasteiger partial charge in [0.15, 0.2) is 0 Å². The topological polar surface area (TPSA) is 55.8 Å². The Morgan fingerprint density at radius 3 is 2.04 bits per heavy atom. The molecule has 0 aromatic heterocycles. The number of aryl methyl sites for hydroxylation is 1. The standard InChI is InChI=1S/C22H22O4S/c1-15-11-13-16(14-12-15)27(24)20-10-5-4-7-17(20)22(23)21-18(25-2)8-6-9-19(21)26-3/h4-14,22-23H,1-3H3/t22-,27?/m0/s1. The summed E-state index contributed by atoms with van der Waals surface area (Å²) in [6.07, 6.45) is -1.04. The zero-order chi connectivity index (χ0) is 19.4. The third-order valence-electron chi connectivity index (χ3n) is 4.39. The van der Waals surface area contributed by atoms with Gasteiger partial charge in [0.2, 0.25) is 0 Å². The van der Waals surface area contributed by atoms with Crippen LogP contribution < -0.4 is 9.47 Å². The van der Waals surface area contributed by atoms with Crippen LogP contribution in [0.3, 0.4) is 0 Å². The van der Waals surface area contributed by atoms with Crippen molar-refractivity contribution in [2.45, 2.75) is 22.8 Å². The maximum absolute atomic E-state index is 13.2. The fraction of sp³-hybridized carbons (Fsp3) is 0.182. The lowest BCUT2D eigenvalue weighted by Gasteiger charge is -2.20. The Morgan fingerprint density at radius 2 is 1.44 bits per heavy atom. The minimum Gasteiger partial charge on any atom is -0.496 e. The summed E-state index contributed by atoms with van der Waals surface area (Å²) in [7, 11) is 1.67. The highest BCUT2D eigenvalue weighted by Gasteiger charge is 2.24. The summed E-state index contributed by atoms with van der Waals surface area (Å²) >= 11 is 0. The first kappa shape index (κ1) is 19.1. The van der Waals surface area contributed by atoms with Crippen molar-refractivity contribution in [3.63, 3.8) is 0 Å². The second kappa shape index (κ2) is 8.37. The summed E-state index contributed by atoms with van der Waals surface area (Å²) in [6.45, 7) is 1.98. The second-order valence-corrected chi connectivity index (χ2v) is 7.55. The van der Waals surface area contributed by atoms with Gasteiger partial charge in [-0.2, -0.15) is 0 Å². The Hall–Kier alpha value is -2.63. The molecule has 1 unspecified atom stereocenters. The van der Waals surface area contributed by atoms with Gasteiger partial charge in [-0.15, -0.1) is 0 Å². The maximum atomic E-state index is 13.2. The Morgan fingerprint density at radius 1 is 0.852 bits per heavy atom. The molecule has 140 valence electrons. The van der Waals surface area contributed by atoms with Gasteiger partial charge in [-0.1, -0.05) is 42.0 Å². The van der Waals surface area contributed by atoms with Crippen LogP contribution in [0.2, 0.25) is 0 Å². The summed E-state index contributed by atoms with van der Waals surface area (Å²) in [5.41, 5.74) is 2.16. The minimum absolute atomic E-state index is 0.510. The van der Waals surface area contributed by atoms with Gasteiger partial charge < -0.3 is 14.6 Å². The molecule has 1 N–H and O–H groups in total. The number of hydrogen-bond acceptors (Lipinski definition) is 4. The molecule has 0 saturated carbocycles. The van der Waals surface area contributed by atoms with Crippen LogP contribution in [0.1, 0.15) is 22.8 Å². The Labute approximate surface area is 161 Å². The molecule has 0 amide bonds. The fourth-order valence-electron chi connectivity index (χ4n) is 2.97. The largest absolute Gasteiger partial charge is 0.496 e. The molecule has 0 heterocycles. The van der Waals surface area contributed by atoms with Crippen LogP contribution in [0, 0.1) is 6.92 Å². The van der Waals surface area contributed by atoms with Crippen LogP contribution in [-0.2, 0) is 10.8 Å². The first-order valence-corrected chi connectivity index (χ1v) is 9.68. The number of hydrogen-bond donors (Lipinski definition) is 1. The van der Waals surface area contributed by atoms with Gasteiger partial charge in [0.25, 0.3) is 0 Å². The molecule has 0 saturated heterocycles. The van der Waals surface area contributed by atoms with Gasteiger partial charge in [-0.25, -0.2) is 4.21 Å². The van der Waals surface area contributed by atoms with E-state index < -0.39 is 16.9 Å². The summed E-state index contributed by atoms with van der Waals surface area (Å²) in [6, 6.07) is 20.1. The molecule has 4 nitrogen and oxygen atoms in total. The molecule has 0 bridgehead atoms. The van der Waals surface area contributed by atoms with E-state index in [0.29, 0.717) is 32.4 Å². The number of aliphatic hydroxyl groups is 1. The van der Waals surface area contributed by atoms with E-state index in [-0.39, 0.29) is 0 Å². The van der Waals surface area contributed by atoms with Gasteiger partial charge in [0, 0.05) is 15.4 Å². The summed E-state index contributed by atoms with van der Waals surface area (Å²) in [5, 5.41) is 11.1. The monoisotopic (exact) mass is 382 g/mol. The van der Waals surface area contributed by atoms with E-state index >= 15 is 0 Å². The normalized spacial score (nSPS) is 13.0. The average molecular weight is 382 g/mol. The van der Waals surface area contributed by atoms with Crippen molar-refractivity contribution >= 4 is 10.8 Å². The quantitative estimate of drug-likeness (QED) is 0.692. The first-order valence-electron chi connectivity index (χ1n) is 8.53. The Kier molecular flexibility index (Phi) is 5.94. The highest BCUT2D eigenvalue weighted by atomic mass is 32.2. The molecule has 0 fully saturated rings. The van der Waals surface area contributed by atoms with Gasteiger partial charge >= 0.3 is 0 Å². The van der Waals surface area contributed by atoms with Crippen LogP contribution in [0.15, 0.2) is 76.5 Å². The molecule has 3 aromatic rings. The molecule has 0 radical (unpaired) electrons. The predicted octanol–water partition coefficient (Wildman–Crippen LogP) is 4.26. The van der Waals surface area contributed by atoms with Crippen LogP contribution in [0.25, 0.3) is 0 Å². The lowest BCUT2D eigenvalue weighted by molar-refractivity contribution is 0.206. The van der Waals surface area contributed by atoms with Crippen molar-refractivity contribution in [2.75, 3.05) is 14.2 Å². The van der Waals surface area contributed by atoms with Crippen molar-refractivity contribution in [3.05, 3.63) is 83.4 Å². The summed E-state index contributed by atoms with van der Waals surface area (Å²) in [5.74, 6) is 1.02. The highest BCUT2D eigenvalue weighted by molar-refractivity contribution is 7.85. The van der Waals surface area contributed by atoms with E-state index in [1.165, 1.54) is 0 Å². The minimum atomic E-state index is -1.42. The molecular formula is C22H22O4S. The number of aliphatic hydroxyl groups excluding tert-OH is 1. The van der Waals surface area contributed by atoms with E-state index in [4.69, 9.17) is 9.47 Å². The van der Waals surface area contributed by atoms with Gasteiger partial charge in [0.05, 0.1) is 30.6 Å². The zero-order valence-corrected chi connectivity index (χ0v) is 16.3. The molecule has 2 atom stereocenters. The van der Waals surface area contributed by atoms with E-state index in [1.807, 2.05) is 43.3 Å². The third-order valence-corrected chi connectivity index (χ3v) is 5.86. The maximum Gasteiger partial charge on any atom is 0.128 e. The van der Waals surface area contributed by atoms with E-state index in [1.54, 1.807) is 44.6 Å². The number of rotatable bonds is 6. The summed E-state index contributed by atoms with van der Waals surface area (Å²) in [4.78, 5) is 1.24. The van der Waals surface area contributed by atoms with Gasteiger partial charge in [-0.3, -0.25) is 0 Å². The van der Waals surface area contributed by atoms with Crippen LogP contribution in [0.4, 0.5) is 0 Å². The molecule has 0 aliphatic rings. The lowest BCUT2D eigenvalue weighted by Crippen LogP contribution is -2.08. The van der Waals surface area contributed by atoms with Crippen LogP contribution in [0.5, 0.6) is 11.5 Å². The molecule has 5 heteroatoms. The molecule has 0 aliphatic heterocycles. The Bertz CT molecular complexity index is 929. The molecule has 27 heavy (non-hydrogen) atoms. The molecule has 0 aliphatic carbocycles. The third kappa shape index (κ3) is 3.89. The average Bonchev–Trinajstić information content (AvgIpc) is 2.72. The lowest BCUT2D eigenvalue weighted by atomic mass is 9.99. The van der Waals surface area contributed by atoms with Crippen molar-refractivity contribution < 1.29 is 18.8 Å². The van der Waals surface area contributed by atoms with Gasteiger partial charge in [-0.05, 0) is 37.3 Å². The van der Waals surface area contributed by atoms with E-state index in [2.05, 4.69) is 0 Å². The summed E-state index contributed by atoms with van der Waals surface area (Å²) < 4.78 is 24.0. The smallest absolute Gasteiger partial charge is 0.128 e. The second-order valence-electron chi connectivity index (χ2n) is 6.10. The van der Waals surface area contributed by atoms with E-state index in [9.17, 15) is 9.32 Å². The highest BCUT2D eigenvalue weighted by Crippen LogP contribution is 2.39. The SMILES string of the molecule is COc1cccc(OC)c1[C@@H](O)c1ccccc1S(=O)c1ccc(C)cc1. The number of benzene rings is 3. The molecule has 3 aromatic carbocycles. The van der Waals surface area contributed by atoms with Crippen molar-refractivity contribution in [2.24, 2.45) is 0 Å². The number of ether oxygens (including phenoxy) is 2. The number of methoxy groups -OCH3 is 2. The first-order chi connectivity index (χ1) is 13.1. The van der Waals surface area contributed by atoms with Crippen molar-refractivity contribution in [1.29, 1.82) is 0 Å². The zero-order valence-electron chi connectivity index (χ0n) is 15.5. The van der Waals surface area contributed by atoms with E-state index in [0.717, 1.165) is 5.56 Å². The van der Waals surface area contributed by atoms with Crippen LogP contribution in [-0.4, -0.2) is 23.5 Å². The molecule has 3 rings (SSSR count). The molecule has 0 spiro atoms. The predicted molar refractivity (Wildman–Crippen MR) is 106 cm³/mol. The van der Waals surface area contributed by atoms with Crippen LogP contribution >= 0.6 is 0 Å².